The number of rotatable bonds is 5. The summed E-state index contributed by atoms with van der Waals surface area (Å²) in [6.45, 7) is 8.50. The van der Waals surface area contributed by atoms with E-state index < -0.39 is 0 Å². The number of likely N-dealkylation sites (tertiary alicyclic amines) is 1. The minimum absolute atomic E-state index is 0.766. The lowest BCUT2D eigenvalue weighted by atomic mass is 9.99. The van der Waals surface area contributed by atoms with Crippen LogP contribution in [-0.2, 0) is 0 Å². The van der Waals surface area contributed by atoms with Gasteiger partial charge < -0.3 is 4.74 Å². The van der Waals surface area contributed by atoms with Gasteiger partial charge in [-0.05, 0) is 75.2 Å². The third-order valence-electron chi connectivity index (χ3n) is 4.30. The van der Waals surface area contributed by atoms with Crippen molar-refractivity contribution >= 4 is 0 Å². The second kappa shape index (κ2) is 6.93. The third-order valence-corrected chi connectivity index (χ3v) is 4.30. The van der Waals surface area contributed by atoms with Gasteiger partial charge in [0.05, 0.1) is 5.69 Å². The zero-order chi connectivity index (χ0) is 15.4. The lowest BCUT2D eigenvalue weighted by Crippen LogP contribution is -2.25. The van der Waals surface area contributed by atoms with Crippen LogP contribution in [0, 0.1) is 13.8 Å². The Morgan fingerprint density at radius 1 is 1.09 bits per heavy atom. The highest BCUT2D eigenvalue weighted by atomic mass is 16.5. The molecular formula is C19H24N2O. The molecule has 0 bridgehead atoms. The van der Waals surface area contributed by atoms with Crippen LogP contribution in [0.1, 0.15) is 24.0 Å². The van der Waals surface area contributed by atoms with Crippen LogP contribution in [0.3, 0.4) is 0 Å². The van der Waals surface area contributed by atoms with Crippen LogP contribution in [0.4, 0.5) is 0 Å². The van der Waals surface area contributed by atoms with E-state index in [9.17, 15) is 0 Å². The summed E-state index contributed by atoms with van der Waals surface area (Å²) >= 11 is 0. The van der Waals surface area contributed by atoms with Crippen molar-refractivity contribution in [2.75, 3.05) is 26.2 Å². The lowest BCUT2D eigenvalue weighted by molar-refractivity contribution is 0.237. The van der Waals surface area contributed by atoms with Gasteiger partial charge in [0.25, 0.3) is 0 Å². The van der Waals surface area contributed by atoms with Gasteiger partial charge >= 0.3 is 0 Å². The zero-order valence-corrected chi connectivity index (χ0v) is 13.5. The van der Waals surface area contributed by atoms with E-state index in [0.29, 0.717) is 0 Å². The molecule has 0 saturated carbocycles. The smallest absolute Gasteiger partial charge is 0.119 e. The van der Waals surface area contributed by atoms with E-state index in [0.717, 1.165) is 24.6 Å². The normalized spacial score (nSPS) is 15.2. The average Bonchev–Trinajstić information content (AvgIpc) is 3.01. The second-order valence-corrected chi connectivity index (χ2v) is 6.04. The Morgan fingerprint density at radius 2 is 1.82 bits per heavy atom. The maximum Gasteiger partial charge on any atom is 0.119 e. The maximum absolute atomic E-state index is 5.96. The molecule has 3 nitrogen and oxygen atoms in total. The Hall–Kier alpha value is -1.87. The summed E-state index contributed by atoms with van der Waals surface area (Å²) in [7, 11) is 0. The SMILES string of the molecule is Cc1cc(OCCN2CCCC2)cc(C)c1-c1ccccn1. The van der Waals surface area contributed by atoms with Crippen LogP contribution in [0.15, 0.2) is 36.5 Å². The topological polar surface area (TPSA) is 25.4 Å². The molecule has 1 aliphatic heterocycles. The highest BCUT2D eigenvalue weighted by Gasteiger charge is 2.12. The predicted molar refractivity (Wildman–Crippen MR) is 90.3 cm³/mol. The predicted octanol–water partition coefficient (Wildman–Crippen LogP) is 3.84. The summed E-state index contributed by atoms with van der Waals surface area (Å²) in [4.78, 5) is 6.94. The molecule has 0 atom stereocenters. The number of pyridine rings is 1. The first-order chi connectivity index (χ1) is 10.7. The number of aryl methyl sites for hydroxylation is 2. The van der Waals surface area contributed by atoms with Crippen LogP contribution < -0.4 is 4.74 Å². The van der Waals surface area contributed by atoms with Crippen molar-refractivity contribution in [2.24, 2.45) is 0 Å². The fraction of sp³-hybridized carbons (Fsp3) is 0.421. The lowest BCUT2D eigenvalue weighted by Gasteiger charge is -2.16. The third kappa shape index (κ3) is 3.47. The van der Waals surface area contributed by atoms with Gasteiger partial charge in [0, 0.05) is 18.3 Å². The molecule has 0 spiro atoms. The van der Waals surface area contributed by atoms with Crippen LogP contribution >= 0.6 is 0 Å². The van der Waals surface area contributed by atoms with Crippen LogP contribution in [0.5, 0.6) is 5.75 Å². The Bertz CT molecular complexity index is 596. The summed E-state index contributed by atoms with van der Waals surface area (Å²) in [6.07, 6.45) is 4.50. The largest absolute Gasteiger partial charge is 0.492 e. The summed E-state index contributed by atoms with van der Waals surface area (Å²) in [5.74, 6) is 0.967. The maximum atomic E-state index is 5.96. The van der Waals surface area contributed by atoms with Gasteiger partial charge in [0.15, 0.2) is 0 Å². The molecule has 0 radical (unpaired) electrons. The first-order valence-electron chi connectivity index (χ1n) is 8.12. The Morgan fingerprint density at radius 3 is 2.45 bits per heavy atom. The van der Waals surface area contributed by atoms with Crippen molar-refractivity contribution in [1.82, 2.24) is 9.88 Å². The molecule has 2 heterocycles. The van der Waals surface area contributed by atoms with E-state index in [4.69, 9.17) is 4.74 Å². The van der Waals surface area contributed by atoms with Crippen molar-refractivity contribution in [2.45, 2.75) is 26.7 Å². The number of benzene rings is 1. The second-order valence-electron chi connectivity index (χ2n) is 6.04. The molecular weight excluding hydrogens is 272 g/mol. The van der Waals surface area contributed by atoms with Gasteiger partial charge in [-0.1, -0.05) is 6.07 Å². The van der Waals surface area contributed by atoms with E-state index >= 15 is 0 Å². The van der Waals surface area contributed by atoms with Crippen molar-refractivity contribution in [3.8, 4) is 17.0 Å². The van der Waals surface area contributed by atoms with Gasteiger partial charge in [-0.2, -0.15) is 0 Å². The molecule has 1 fully saturated rings. The highest BCUT2D eigenvalue weighted by molar-refractivity contribution is 5.68. The van der Waals surface area contributed by atoms with E-state index in [1.165, 1.54) is 42.6 Å². The zero-order valence-electron chi connectivity index (χ0n) is 13.5. The average molecular weight is 296 g/mol. The molecule has 116 valence electrons. The van der Waals surface area contributed by atoms with E-state index in [-0.39, 0.29) is 0 Å². The Kier molecular flexibility index (Phi) is 4.74. The van der Waals surface area contributed by atoms with Crippen molar-refractivity contribution in [1.29, 1.82) is 0 Å². The molecule has 3 heteroatoms. The fourth-order valence-corrected chi connectivity index (χ4v) is 3.22. The van der Waals surface area contributed by atoms with Gasteiger partial charge in [-0.3, -0.25) is 9.88 Å². The Labute approximate surface area is 132 Å². The van der Waals surface area contributed by atoms with Gasteiger partial charge in [-0.15, -0.1) is 0 Å². The molecule has 1 aromatic carbocycles. The van der Waals surface area contributed by atoms with E-state index in [1.807, 2.05) is 18.3 Å². The van der Waals surface area contributed by atoms with Crippen molar-refractivity contribution < 1.29 is 4.74 Å². The number of aromatic nitrogens is 1. The fourth-order valence-electron chi connectivity index (χ4n) is 3.22. The number of nitrogens with zero attached hydrogens (tertiary/aromatic N) is 2. The molecule has 0 N–H and O–H groups in total. The molecule has 0 aliphatic carbocycles. The molecule has 2 aromatic rings. The molecule has 1 aliphatic rings. The monoisotopic (exact) mass is 296 g/mol. The van der Waals surface area contributed by atoms with Gasteiger partial charge in [0.1, 0.15) is 12.4 Å². The minimum Gasteiger partial charge on any atom is -0.492 e. The Balaban J connectivity index is 1.69. The van der Waals surface area contributed by atoms with E-state index in [2.05, 4.69) is 41.9 Å². The van der Waals surface area contributed by atoms with Gasteiger partial charge in [-0.25, -0.2) is 0 Å². The standard InChI is InChI=1S/C19H24N2O/c1-15-13-17(22-12-11-21-9-5-6-10-21)14-16(2)19(15)18-7-3-4-8-20-18/h3-4,7-8,13-14H,5-6,9-12H2,1-2H3. The number of hydrogen-bond acceptors (Lipinski definition) is 3. The minimum atomic E-state index is 0.766. The molecule has 0 amide bonds. The van der Waals surface area contributed by atoms with Crippen molar-refractivity contribution in [3.05, 3.63) is 47.7 Å². The van der Waals surface area contributed by atoms with E-state index in [1.54, 1.807) is 0 Å². The number of hydrogen-bond donors (Lipinski definition) is 0. The molecule has 1 aromatic heterocycles. The first-order valence-corrected chi connectivity index (χ1v) is 8.12. The summed E-state index contributed by atoms with van der Waals surface area (Å²) in [5.41, 5.74) is 4.68. The van der Waals surface area contributed by atoms with Crippen LogP contribution in [-0.4, -0.2) is 36.1 Å². The van der Waals surface area contributed by atoms with Crippen LogP contribution in [0.25, 0.3) is 11.3 Å². The number of ether oxygens (including phenoxy) is 1. The van der Waals surface area contributed by atoms with Crippen LogP contribution in [0.2, 0.25) is 0 Å². The molecule has 3 rings (SSSR count). The summed E-state index contributed by atoms with van der Waals surface area (Å²) < 4.78 is 5.96. The quantitative estimate of drug-likeness (QED) is 0.838. The molecule has 22 heavy (non-hydrogen) atoms. The van der Waals surface area contributed by atoms with Gasteiger partial charge in [0.2, 0.25) is 0 Å². The van der Waals surface area contributed by atoms with Crippen molar-refractivity contribution in [3.63, 3.8) is 0 Å². The highest BCUT2D eigenvalue weighted by Crippen LogP contribution is 2.29. The summed E-state index contributed by atoms with van der Waals surface area (Å²) in [6, 6.07) is 10.3. The first kappa shape index (κ1) is 15.0. The summed E-state index contributed by atoms with van der Waals surface area (Å²) in [5, 5.41) is 0. The molecule has 0 unspecified atom stereocenters. The molecule has 1 saturated heterocycles.